The highest BCUT2D eigenvalue weighted by Gasteiger charge is 2.34. The average Bonchev–Trinajstić information content (AvgIpc) is 3.10. The lowest BCUT2D eigenvalue weighted by Crippen LogP contribution is -2.09. The van der Waals surface area contributed by atoms with E-state index < -0.39 is 5.97 Å². The number of carboxylic acids is 1. The summed E-state index contributed by atoms with van der Waals surface area (Å²) < 4.78 is 10.8. The summed E-state index contributed by atoms with van der Waals surface area (Å²) >= 11 is 0. The highest BCUT2D eigenvalue weighted by molar-refractivity contribution is 5.70. The molecule has 0 aromatic carbocycles. The lowest BCUT2D eigenvalue weighted by molar-refractivity contribution is -0.141. The summed E-state index contributed by atoms with van der Waals surface area (Å²) in [7, 11) is 0. The fraction of sp³-hybridized carbons (Fsp3) is 0.750. The number of nitrogens with zero attached hydrogens (tertiary/aromatic N) is 2. The van der Waals surface area contributed by atoms with Gasteiger partial charge in [0.1, 0.15) is 6.10 Å². The molecule has 18 heavy (non-hydrogen) atoms. The molecule has 1 aliphatic heterocycles. The van der Waals surface area contributed by atoms with Crippen LogP contribution in [0.2, 0.25) is 0 Å². The first kappa shape index (κ1) is 11.6. The van der Waals surface area contributed by atoms with E-state index in [-0.39, 0.29) is 17.9 Å². The Hall–Kier alpha value is -1.43. The maximum absolute atomic E-state index is 10.9. The molecule has 1 aliphatic carbocycles. The summed E-state index contributed by atoms with van der Waals surface area (Å²) in [5, 5.41) is 12.9. The Bertz CT molecular complexity index is 439. The number of hydrogen-bond acceptors (Lipinski definition) is 5. The Kier molecular flexibility index (Phi) is 3.03. The topological polar surface area (TPSA) is 85.5 Å². The molecule has 2 fully saturated rings. The predicted molar refractivity (Wildman–Crippen MR) is 59.9 cm³/mol. The van der Waals surface area contributed by atoms with Gasteiger partial charge in [-0.1, -0.05) is 5.16 Å². The van der Waals surface area contributed by atoms with Gasteiger partial charge in [-0.15, -0.1) is 0 Å². The van der Waals surface area contributed by atoms with E-state index in [1.54, 1.807) is 0 Å². The van der Waals surface area contributed by atoms with Crippen LogP contribution in [0.25, 0.3) is 0 Å². The van der Waals surface area contributed by atoms with Gasteiger partial charge in [-0.2, -0.15) is 4.98 Å². The first-order chi connectivity index (χ1) is 8.74. The Balaban J connectivity index is 1.68. The molecule has 1 saturated carbocycles. The lowest BCUT2D eigenvalue weighted by Gasteiger charge is -2.03. The molecule has 3 atom stereocenters. The number of carboxylic acid groups (broad SMARTS) is 1. The number of aliphatic carboxylic acids is 1. The van der Waals surface area contributed by atoms with Crippen molar-refractivity contribution >= 4 is 5.97 Å². The minimum Gasteiger partial charge on any atom is -0.481 e. The molecule has 1 N–H and O–H groups in total. The lowest BCUT2D eigenvalue weighted by atomic mass is 10.1. The molecule has 0 amide bonds. The Morgan fingerprint density at radius 3 is 2.89 bits per heavy atom. The molecule has 2 aliphatic rings. The minimum atomic E-state index is -0.726. The Labute approximate surface area is 104 Å². The SMILES string of the molecule is O=C(O)C1CCC(c2nc(C3CCCO3)no2)C1. The van der Waals surface area contributed by atoms with Crippen LogP contribution in [-0.4, -0.2) is 27.8 Å². The third-order valence-electron chi connectivity index (χ3n) is 3.81. The summed E-state index contributed by atoms with van der Waals surface area (Å²) in [5.41, 5.74) is 0. The van der Waals surface area contributed by atoms with Crippen molar-refractivity contribution in [3.63, 3.8) is 0 Å². The smallest absolute Gasteiger partial charge is 0.306 e. The highest BCUT2D eigenvalue weighted by Crippen LogP contribution is 2.38. The van der Waals surface area contributed by atoms with Crippen molar-refractivity contribution in [1.29, 1.82) is 0 Å². The van der Waals surface area contributed by atoms with Gasteiger partial charge >= 0.3 is 5.97 Å². The van der Waals surface area contributed by atoms with Gasteiger partial charge < -0.3 is 14.4 Å². The van der Waals surface area contributed by atoms with E-state index in [0.29, 0.717) is 24.6 Å². The van der Waals surface area contributed by atoms with E-state index in [2.05, 4.69) is 10.1 Å². The van der Waals surface area contributed by atoms with Gasteiger partial charge in [0.2, 0.25) is 11.7 Å². The zero-order valence-corrected chi connectivity index (χ0v) is 10.0. The van der Waals surface area contributed by atoms with Crippen LogP contribution in [0.5, 0.6) is 0 Å². The zero-order chi connectivity index (χ0) is 12.5. The normalized spacial score (nSPS) is 31.9. The second-order valence-electron chi connectivity index (χ2n) is 5.04. The number of rotatable bonds is 3. The quantitative estimate of drug-likeness (QED) is 0.884. The molecule has 6 heteroatoms. The maximum atomic E-state index is 10.9. The van der Waals surface area contributed by atoms with Crippen molar-refractivity contribution in [1.82, 2.24) is 10.1 Å². The molecule has 2 heterocycles. The fourth-order valence-corrected chi connectivity index (χ4v) is 2.76. The molecule has 1 saturated heterocycles. The van der Waals surface area contributed by atoms with E-state index in [1.165, 1.54) is 0 Å². The Morgan fingerprint density at radius 2 is 2.22 bits per heavy atom. The second-order valence-corrected chi connectivity index (χ2v) is 5.04. The molecule has 0 bridgehead atoms. The van der Waals surface area contributed by atoms with Crippen LogP contribution >= 0.6 is 0 Å². The van der Waals surface area contributed by atoms with Gasteiger partial charge in [0.15, 0.2) is 0 Å². The molecule has 3 unspecified atom stereocenters. The van der Waals surface area contributed by atoms with Gasteiger partial charge in [-0.05, 0) is 32.1 Å². The second kappa shape index (κ2) is 4.68. The van der Waals surface area contributed by atoms with Crippen molar-refractivity contribution in [2.24, 2.45) is 5.92 Å². The van der Waals surface area contributed by atoms with Crippen molar-refractivity contribution in [3.8, 4) is 0 Å². The molecule has 6 nitrogen and oxygen atoms in total. The molecule has 1 aromatic heterocycles. The standard InChI is InChI=1S/C12H16N2O4/c15-12(16)8-4-3-7(6-8)11-13-10(14-18-11)9-2-1-5-17-9/h7-9H,1-6H2,(H,15,16). The van der Waals surface area contributed by atoms with E-state index in [9.17, 15) is 4.79 Å². The number of carbonyl (C=O) groups is 1. The predicted octanol–water partition coefficient (Wildman–Crippen LogP) is 1.89. The van der Waals surface area contributed by atoms with Gasteiger partial charge in [0, 0.05) is 12.5 Å². The summed E-state index contributed by atoms with van der Waals surface area (Å²) in [6, 6.07) is 0. The van der Waals surface area contributed by atoms with E-state index in [0.717, 1.165) is 25.9 Å². The summed E-state index contributed by atoms with van der Waals surface area (Å²) in [4.78, 5) is 15.3. The largest absolute Gasteiger partial charge is 0.481 e. The third kappa shape index (κ3) is 2.12. The average molecular weight is 252 g/mol. The number of hydrogen-bond donors (Lipinski definition) is 1. The van der Waals surface area contributed by atoms with Crippen LogP contribution in [-0.2, 0) is 9.53 Å². The molecular weight excluding hydrogens is 236 g/mol. The van der Waals surface area contributed by atoms with Gasteiger partial charge in [-0.25, -0.2) is 0 Å². The van der Waals surface area contributed by atoms with Gasteiger partial charge in [-0.3, -0.25) is 4.79 Å². The van der Waals surface area contributed by atoms with E-state index >= 15 is 0 Å². The van der Waals surface area contributed by atoms with Crippen LogP contribution < -0.4 is 0 Å². The van der Waals surface area contributed by atoms with Gasteiger partial charge in [0.25, 0.3) is 0 Å². The van der Waals surface area contributed by atoms with E-state index in [4.69, 9.17) is 14.4 Å². The molecule has 98 valence electrons. The number of aromatic nitrogens is 2. The monoisotopic (exact) mass is 252 g/mol. The van der Waals surface area contributed by atoms with Gasteiger partial charge in [0.05, 0.1) is 5.92 Å². The van der Waals surface area contributed by atoms with E-state index in [1.807, 2.05) is 0 Å². The first-order valence-electron chi connectivity index (χ1n) is 6.42. The Morgan fingerprint density at radius 1 is 1.33 bits per heavy atom. The molecular formula is C12H16N2O4. The highest BCUT2D eigenvalue weighted by atomic mass is 16.5. The minimum absolute atomic E-state index is 0.0424. The fourth-order valence-electron chi connectivity index (χ4n) is 2.76. The molecule has 0 spiro atoms. The van der Waals surface area contributed by atoms with Crippen molar-refractivity contribution < 1.29 is 19.2 Å². The molecule has 0 radical (unpaired) electrons. The molecule has 1 aromatic rings. The van der Waals surface area contributed by atoms with Crippen molar-refractivity contribution in [2.75, 3.05) is 6.61 Å². The first-order valence-corrected chi connectivity index (χ1v) is 6.42. The number of ether oxygens (including phenoxy) is 1. The summed E-state index contributed by atoms with van der Waals surface area (Å²) in [6.07, 6.45) is 4.02. The zero-order valence-electron chi connectivity index (χ0n) is 10.0. The molecule has 3 rings (SSSR count). The van der Waals surface area contributed by atoms with Crippen LogP contribution in [0.15, 0.2) is 4.52 Å². The van der Waals surface area contributed by atoms with Crippen LogP contribution in [0, 0.1) is 5.92 Å². The van der Waals surface area contributed by atoms with Crippen molar-refractivity contribution in [2.45, 2.75) is 44.1 Å². The summed E-state index contributed by atoms with van der Waals surface area (Å²) in [5.74, 6) is 0.281. The van der Waals surface area contributed by atoms with Crippen molar-refractivity contribution in [3.05, 3.63) is 11.7 Å². The third-order valence-corrected chi connectivity index (χ3v) is 3.81. The van der Waals surface area contributed by atoms with Crippen LogP contribution in [0.1, 0.15) is 55.8 Å². The summed E-state index contributed by atoms with van der Waals surface area (Å²) in [6.45, 7) is 0.749. The van der Waals surface area contributed by atoms with Crippen LogP contribution in [0.4, 0.5) is 0 Å². The van der Waals surface area contributed by atoms with Crippen LogP contribution in [0.3, 0.4) is 0 Å². The maximum Gasteiger partial charge on any atom is 0.306 e.